The van der Waals surface area contributed by atoms with E-state index in [4.69, 9.17) is 5.73 Å². The number of sulfonamides is 2. The van der Waals surface area contributed by atoms with Gasteiger partial charge in [-0.05, 0) is 60.7 Å². The van der Waals surface area contributed by atoms with E-state index in [-0.39, 0.29) is 25.4 Å². The number of hydrogen-bond acceptors (Lipinski definition) is 10. The lowest BCUT2D eigenvalue weighted by atomic mass is 10.2. The molecule has 4 aromatic rings. The number of anilines is 2. The van der Waals surface area contributed by atoms with Crippen molar-refractivity contribution in [2.45, 2.75) is 13.1 Å². The summed E-state index contributed by atoms with van der Waals surface area (Å²) in [6.45, 7) is 0.0532. The smallest absolute Gasteiger partial charge is 0.339 e. The van der Waals surface area contributed by atoms with Gasteiger partial charge in [-0.3, -0.25) is 23.4 Å². The second kappa shape index (κ2) is 16.2. The van der Waals surface area contributed by atoms with Crippen LogP contribution >= 0.6 is 31.9 Å². The molecular formula is C30H31Br2N5O7S2. The molecule has 0 atom stereocenters. The Kier molecular flexibility index (Phi) is 13.0. The molecule has 0 fully saturated rings. The normalized spacial score (nSPS) is 11.2. The van der Waals surface area contributed by atoms with E-state index in [1.54, 1.807) is 60.7 Å². The molecule has 0 bridgehead atoms. The highest BCUT2D eigenvalue weighted by atomic mass is 79.9. The maximum absolute atomic E-state index is 12.1. The van der Waals surface area contributed by atoms with E-state index in [1.165, 1.54) is 28.1 Å². The summed E-state index contributed by atoms with van der Waals surface area (Å²) < 4.78 is 57.0. The number of carbonyl (C=O) groups is 2. The van der Waals surface area contributed by atoms with Gasteiger partial charge in [0.15, 0.2) is 5.78 Å². The van der Waals surface area contributed by atoms with Crippen LogP contribution in [0.3, 0.4) is 0 Å². The molecule has 0 aliphatic rings. The molecule has 0 radical (unpaired) electrons. The lowest BCUT2D eigenvalue weighted by Crippen LogP contribution is -2.29. The van der Waals surface area contributed by atoms with Crippen molar-refractivity contribution in [3.63, 3.8) is 0 Å². The highest BCUT2D eigenvalue weighted by Crippen LogP contribution is 2.25. The van der Waals surface area contributed by atoms with Gasteiger partial charge < -0.3 is 10.5 Å². The Bertz CT molecular complexity index is 1750. The number of ether oxygens (including phenoxy) is 1. The van der Waals surface area contributed by atoms with Crippen LogP contribution in [-0.2, 0) is 37.9 Å². The van der Waals surface area contributed by atoms with Crippen molar-refractivity contribution in [2.75, 3.05) is 34.8 Å². The van der Waals surface area contributed by atoms with Crippen LogP contribution in [0.2, 0.25) is 0 Å². The number of esters is 1. The van der Waals surface area contributed by atoms with Gasteiger partial charge in [-0.25, -0.2) is 21.6 Å². The zero-order chi connectivity index (χ0) is 34.1. The molecule has 2 heterocycles. The fourth-order valence-electron chi connectivity index (χ4n) is 3.91. The van der Waals surface area contributed by atoms with Crippen LogP contribution < -0.4 is 14.3 Å². The third kappa shape index (κ3) is 10.7. The summed E-state index contributed by atoms with van der Waals surface area (Å²) in [4.78, 5) is 31.2. The number of nitrogens with zero attached hydrogens (tertiary/aromatic N) is 4. The summed E-state index contributed by atoms with van der Waals surface area (Å²) >= 11 is 6.66. The Labute approximate surface area is 285 Å². The molecule has 2 aromatic carbocycles. The Morgan fingerprint density at radius 2 is 1.17 bits per heavy atom. The molecule has 0 saturated heterocycles. The van der Waals surface area contributed by atoms with E-state index >= 15 is 0 Å². The van der Waals surface area contributed by atoms with Crippen LogP contribution in [0, 0.1) is 0 Å². The molecular weight excluding hydrogens is 766 g/mol. The summed E-state index contributed by atoms with van der Waals surface area (Å²) in [6, 6.07) is 20.3. The fraction of sp³-hybridized carbons (Fsp3) is 0.200. The summed E-state index contributed by atoms with van der Waals surface area (Å²) in [7, 11) is -5.68. The number of carbonyl (C=O) groups excluding carboxylic acids is 2. The molecule has 0 aliphatic carbocycles. The molecule has 0 saturated carbocycles. The molecule has 0 unspecified atom stereocenters. The third-order valence-corrected chi connectivity index (χ3v) is 9.45. The van der Waals surface area contributed by atoms with Crippen molar-refractivity contribution in [2.24, 2.45) is 5.73 Å². The van der Waals surface area contributed by atoms with Crippen molar-refractivity contribution in [1.82, 2.24) is 9.97 Å². The molecule has 244 valence electrons. The lowest BCUT2D eigenvalue weighted by Gasteiger charge is -2.22. The van der Waals surface area contributed by atoms with E-state index in [1.807, 2.05) is 12.1 Å². The summed E-state index contributed by atoms with van der Waals surface area (Å²) in [6.07, 6.45) is 5.05. The van der Waals surface area contributed by atoms with Gasteiger partial charge in [0, 0.05) is 26.9 Å². The van der Waals surface area contributed by atoms with Crippen LogP contribution in [0.15, 0.2) is 94.1 Å². The minimum Gasteiger partial charge on any atom is -0.465 e. The Morgan fingerprint density at radius 1 is 0.739 bits per heavy atom. The molecule has 2 N–H and O–H groups in total. The van der Waals surface area contributed by atoms with Gasteiger partial charge in [0.1, 0.15) is 0 Å². The molecule has 16 heteroatoms. The predicted octanol–water partition coefficient (Wildman–Crippen LogP) is 4.55. The number of ketones is 1. The van der Waals surface area contributed by atoms with Gasteiger partial charge in [0.25, 0.3) is 0 Å². The van der Waals surface area contributed by atoms with Gasteiger partial charge in [0.05, 0.1) is 67.6 Å². The molecule has 0 spiro atoms. The Hall–Kier alpha value is -3.70. The van der Waals surface area contributed by atoms with Crippen LogP contribution in [0.1, 0.15) is 32.1 Å². The van der Waals surface area contributed by atoms with Gasteiger partial charge in [-0.1, -0.05) is 44.0 Å². The molecule has 0 amide bonds. The number of pyridine rings is 2. The molecule has 2 aromatic heterocycles. The van der Waals surface area contributed by atoms with Gasteiger partial charge >= 0.3 is 5.97 Å². The van der Waals surface area contributed by atoms with Crippen molar-refractivity contribution >= 4 is 75.0 Å². The average molecular weight is 798 g/mol. The highest BCUT2D eigenvalue weighted by molar-refractivity contribution is 9.10. The van der Waals surface area contributed by atoms with E-state index in [9.17, 15) is 26.4 Å². The van der Waals surface area contributed by atoms with Crippen molar-refractivity contribution in [1.29, 1.82) is 0 Å². The summed E-state index contributed by atoms with van der Waals surface area (Å²) in [5.41, 5.74) is 8.13. The highest BCUT2D eigenvalue weighted by Gasteiger charge is 2.20. The maximum atomic E-state index is 12.1. The number of methoxy groups -OCH3 is 1. The van der Waals surface area contributed by atoms with Gasteiger partial charge in [-0.2, -0.15) is 0 Å². The van der Waals surface area contributed by atoms with Crippen molar-refractivity contribution < 1.29 is 31.2 Å². The number of hydrogen-bond donors (Lipinski definition) is 1. The number of aromatic nitrogens is 2. The van der Waals surface area contributed by atoms with Gasteiger partial charge in [-0.15, -0.1) is 0 Å². The molecule has 46 heavy (non-hydrogen) atoms. The van der Waals surface area contributed by atoms with Crippen molar-refractivity contribution in [3.05, 3.63) is 117 Å². The first-order valence-electron chi connectivity index (χ1n) is 13.3. The second-order valence-corrected chi connectivity index (χ2v) is 15.3. The Balaban J connectivity index is 0.000000250. The minimum atomic E-state index is -3.48. The van der Waals surface area contributed by atoms with Crippen LogP contribution in [-0.4, -0.2) is 64.7 Å². The topological polar surface area (TPSA) is 170 Å². The zero-order valence-corrected chi connectivity index (χ0v) is 29.8. The minimum absolute atomic E-state index is 0.0662. The number of halogens is 2. The zero-order valence-electron chi connectivity index (χ0n) is 25.0. The van der Waals surface area contributed by atoms with E-state index in [2.05, 4.69) is 46.6 Å². The van der Waals surface area contributed by atoms with E-state index in [0.717, 1.165) is 21.5 Å². The second-order valence-electron chi connectivity index (χ2n) is 9.69. The summed E-state index contributed by atoms with van der Waals surface area (Å²) in [5, 5.41) is 0. The maximum Gasteiger partial charge on any atom is 0.339 e. The Morgan fingerprint density at radius 3 is 1.50 bits per heavy atom. The average Bonchev–Trinajstić information content (AvgIpc) is 3.01. The monoisotopic (exact) mass is 795 g/mol. The van der Waals surface area contributed by atoms with E-state index in [0.29, 0.717) is 33.9 Å². The van der Waals surface area contributed by atoms with Crippen molar-refractivity contribution in [3.8, 4) is 0 Å². The SMILES string of the molecule is COC(=O)c1ccc(CN(c2cccc(Br)c2)S(C)(=O)=O)nc1.CS(=O)(=O)N(Cc1ccc(C(=O)CN)cn1)c1cccc(Br)c1. The lowest BCUT2D eigenvalue weighted by molar-refractivity contribution is 0.0600. The first kappa shape index (κ1) is 36.8. The fourth-order valence-corrected chi connectivity index (χ4v) is 6.42. The first-order chi connectivity index (χ1) is 21.6. The predicted molar refractivity (Wildman–Crippen MR) is 184 cm³/mol. The molecule has 0 aliphatic heterocycles. The number of benzene rings is 2. The van der Waals surface area contributed by atoms with Crippen LogP contribution in [0.25, 0.3) is 0 Å². The quantitative estimate of drug-likeness (QED) is 0.168. The number of Topliss-reactive ketones (excluding diaryl/α,β-unsaturated/α-hetero) is 1. The van der Waals surface area contributed by atoms with Crippen LogP contribution in [0.5, 0.6) is 0 Å². The molecule has 12 nitrogen and oxygen atoms in total. The standard InChI is InChI=1S/C15H16BrN3O3S.C15H15BrN2O4S/c1-23(21,22)19(14-4-2-3-12(16)7-14)10-13-6-5-11(9-18-13)15(20)8-17;1-22-15(19)11-6-7-13(17-9-11)10-18(23(2,20)21)14-5-3-4-12(16)8-14/h2-7,9H,8,10,17H2,1H3;3-9H,10H2,1-2H3. The van der Waals surface area contributed by atoms with Crippen LogP contribution in [0.4, 0.5) is 11.4 Å². The summed E-state index contributed by atoms with van der Waals surface area (Å²) in [5.74, 6) is -0.702. The van der Waals surface area contributed by atoms with Gasteiger partial charge in [0.2, 0.25) is 20.0 Å². The molecule has 4 rings (SSSR count). The first-order valence-corrected chi connectivity index (χ1v) is 18.6. The largest absolute Gasteiger partial charge is 0.465 e. The third-order valence-electron chi connectivity index (χ3n) is 6.18. The number of nitrogens with two attached hydrogens (primary N) is 1. The number of rotatable bonds is 11. The van der Waals surface area contributed by atoms with E-state index < -0.39 is 26.0 Å².